The van der Waals surface area contributed by atoms with Crippen LogP contribution >= 0.6 is 15.9 Å². The van der Waals surface area contributed by atoms with Crippen LogP contribution in [-0.4, -0.2) is 31.6 Å². The fourth-order valence-corrected chi connectivity index (χ4v) is 2.63. The molecule has 2 nitrogen and oxygen atoms in total. The molecule has 1 aromatic rings. The van der Waals surface area contributed by atoms with Crippen LogP contribution in [0.1, 0.15) is 31.9 Å². The van der Waals surface area contributed by atoms with Gasteiger partial charge in [0.25, 0.3) is 0 Å². The Labute approximate surface area is 114 Å². The van der Waals surface area contributed by atoms with E-state index >= 15 is 0 Å². The smallest absolute Gasteiger partial charge is 0.0340 e. The molecular weight excluding hydrogens is 276 g/mol. The van der Waals surface area contributed by atoms with Gasteiger partial charge in [0.15, 0.2) is 0 Å². The fraction of sp³-hybridized carbons (Fsp3) is 0.571. The Kier molecular flexibility index (Phi) is 6.78. The topological polar surface area (TPSA) is 15.3 Å². The summed E-state index contributed by atoms with van der Waals surface area (Å²) in [5, 5.41) is 3.41. The van der Waals surface area contributed by atoms with Gasteiger partial charge in [0.05, 0.1) is 0 Å². The van der Waals surface area contributed by atoms with Crippen molar-refractivity contribution in [2.75, 3.05) is 26.7 Å². The van der Waals surface area contributed by atoms with Crippen LogP contribution in [0.4, 0.5) is 0 Å². The van der Waals surface area contributed by atoms with Gasteiger partial charge in [0.2, 0.25) is 0 Å². The summed E-state index contributed by atoms with van der Waals surface area (Å²) in [5.74, 6) is 0. The molecule has 0 fully saturated rings. The molecule has 0 aliphatic heterocycles. The van der Waals surface area contributed by atoms with Crippen LogP contribution in [0.3, 0.4) is 0 Å². The SMILES string of the molecule is CCN(CC)CCC(NC)c1ccccc1Br. The number of rotatable bonds is 7. The first-order valence-corrected chi connectivity index (χ1v) is 7.16. The molecule has 0 aromatic heterocycles. The standard InChI is InChI=1S/C14H23BrN2/c1-4-17(5-2)11-10-14(16-3)12-8-6-7-9-13(12)15/h6-9,14,16H,4-5,10-11H2,1-3H3. The molecular formula is C14H23BrN2. The quantitative estimate of drug-likeness (QED) is 0.829. The molecule has 1 unspecified atom stereocenters. The van der Waals surface area contributed by atoms with E-state index in [9.17, 15) is 0 Å². The molecule has 96 valence electrons. The summed E-state index contributed by atoms with van der Waals surface area (Å²) in [7, 11) is 2.03. The highest BCUT2D eigenvalue weighted by Gasteiger charge is 2.12. The van der Waals surface area contributed by atoms with E-state index in [4.69, 9.17) is 0 Å². The van der Waals surface area contributed by atoms with Gasteiger partial charge >= 0.3 is 0 Å². The highest BCUT2D eigenvalue weighted by molar-refractivity contribution is 9.10. The molecule has 1 rings (SSSR count). The van der Waals surface area contributed by atoms with Gasteiger partial charge in [-0.1, -0.05) is 48.0 Å². The van der Waals surface area contributed by atoms with E-state index in [2.05, 4.69) is 64.3 Å². The zero-order valence-electron chi connectivity index (χ0n) is 11.0. The molecule has 0 amide bonds. The molecule has 0 saturated heterocycles. The lowest BCUT2D eigenvalue weighted by Crippen LogP contribution is -2.28. The maximum atomic E-state index is 3.63. The van der Waals surface area contributed by atoms with Crippen molar-refractivity contribution in [3.63, 3.8) is 0 Å². The first kappa shape index (κ1) is 14.7. The van der Waals surface area contributed by atoms with Crippen LogP contribution in [0.25, 0.3) is 0 Å². The minimum Gasteiger partial charge on any atom is -0.313 e. The Morgan fingerprint density at radius 2 is 1.88 bits per heavy atom. The van der Waals surface area contributed by atoms with E-state index in [1.807, 2.05) is 7.05 Å². The van der Waals surface area contributed by atoms with Crippen LogP contribution in [0.5, 0.6) is 0 Å². The third kappa shape index (κ3) is 4.41. The van der Waals surface area contributed by atoms with Crippen molar-refractivity contribution in [1.82, 2.24) is 10.2 Å². The van der Waals surface area contributed by atoms with E-state index in [0.29, 0.717) is 6.04 Å². The number of hydrogen-bond acceptors (Lipinski definition) is 2. The fourth-order valence-electron chi connectivity index (χ4n) is 2.06. The predicted molar refractivity (Wildman–Crippen MR) is 78.3 cm³/mol. The molecule has 1 atom stereocenters. The van der Waals surface area contributed by atoms with E-state index < -0.39 is 0 Å². The summed E-state index contributed by atoms with van der Waals surface area (Å²) in [6.45, 7) is 7.83. The van der Waals surface area contributed by atoms with Gasteiger partial charge in [-0.05, 0) is 44.7 Å². The summed E-state index contributed by atoms with van der Waals surface area (Å²) in [6, 6.07) is 8.88. The summed E-state index contributed by atoms with van der Waals surface area (Å²) in [6.07, 6.45) is 1.14. The maximum Gasteiger partial charge on any atom is 0.0340 e. The number of benzene rings is 1. The van der Waals surface area contributed by atoms with Crippen LogP contribution in [0.2, 0.25) is 0 Å². The molecule has 0 saturated carbocycles. The highest BCUT2D eigenvalue weighted by atomic mass is 79.9. The number of halogens is 1. The summed E-state index contributed by atoms with van der Waals surface area (Å²) in [4.78, 5) is 2.46. The van der Waals surface area contributed by atoms with Crippen LogP contribution in [-0.2, 0) is 0 Å². The number of hydrogen-bond donors (Lipinski definition) is 1. The second-order valence-corrected chi connectivity index (χ2v) is 5.03. The van der Waals surface area contributed by atoms with Crippen molar-refractivity contribution in [2.45, 2.75) is 26.3 Å². The summed E-state index contributed by atoms with van der Waals surface area (Å²) in [5.41, 5.74) is 1.35. The van der Waals surface area contributed by atoms with Crippen molar-refractivity contribution < 1.29 is 0 Å². The molecule has 1 aromatic carbocycles. The van der Waals surface area contributed by atoms with Crippen molar-refractivity contribution in [1.29, 1.82) is 0 Å². The molecule has 1 N–H and O–H groups in total. The Hall–Kier alpha value is -0.380. The van der Waals surface area contributed by atoms with Crippen LogP contribution in [0, 0.1) is 0 Å². The first-order chi connectivity index (χ1) is 8.22. The van der Waals surface area contributed by atoms with Gasteiger partial charge in [-0.25, -0.2) is 0 Å². The third-order valence-electron chi connectivity index (χ3n) is 3.26. The average Bonchev–Trinajstić information content (AvgIpc) is 2.36. The van der Waals surface area contributed by atoms with E-state index in [1.165, 1.54) is 10.0 Å². The van der Waals surface area contributed by atoms with E-state index in [0.717, 1.165) is 26.1 Å². The van der Waals surface area contributed by atoms with Crippen molar-refractivity contribution in [2.24, 2.45) is 0 Å². The van der Waals surface area contributed by atoms with Gasteiger partial charge in [-0.3, -0.25) is 0 Å². The largest absolute Gasteiger partial charge is 0.313 e. The molecule has 17 heavy (non-hydrogen) atoms. The molecule has 3 heteroatoms. The lowest BCUT2D eigenvalue weighted by atomic mass is 10.0. The second kappa shape index (κ2) is 7.85. The monoisotopic (exact) mass is 298 g/mol. The molecule has 0 aliphatic rings. The lowest BCUT2D eigenvalue weighted by Gasteiger charge is -2.23. The predicted octanol–water partition coefficient (Wildman–Crippen LogP) is 3.44. The third-order valence-corrected chi connectivity index (χ3v) is 3.98. The zero-order chi connectivity index (χ0) is 12.7. The minimum absolute atomic E-state index is 0.422. The van der Waals surface area contributed by atoms with Crippen molar-refractivity contribution >= 4 is 15.9 Å². The molecule has 0 aliphatic carbocycles. The van der Waals surface area contributed by atoms with Gasteiger partial charge in [0, 0.05) is 10.5 Å². The lowest BCUT2D eigenvalue weighted by molar-refractivity contribution is 0.284. The number of nitrogens with zero attached hydrogens (tertiary/aromatic N) is 1. The minimum atomic E-state index is 0.422. The first-order valence-electron chi connectivity index (χ1n) is 6.36. The van der Waals surface area contributed by atoms with Crippen LogP contribution < -0.4 is 5.32 Å². The Morgan fingerprint density at radius 1 is 1.24 bits per heavy atom. The summed E-state index contributed by atoms with van der Waals surface area (Å²) < 4.78 is 1.19. The Morgan fingerprint density at radius 3 is 2.41 bits per heavy atom. The van der Waals surface area contributed by atoms with E-state index in [-0.39, 0.29) is 0 Å². The van der Waals surface area contributed by atoms with Gasteiger partial charge in [-0.15, -0.1) is 0 Å². The maximum absolute atomic E-state index is 3.63. The Balaban J connectivity index is 2.63. The van der Waals surface area contributed by atoms with Crippen molar-refractivity contribution in [3.05, 3.63) is 34.3 Å². The van der Waals surface area contributed by atoms with Gasteiger partial charge in [0.1, 0.15) is 0 Å². The zero-order valence-corrected chi connectivity index (χ0v) is 12.6. The van der Waals surface area contributed by atoms with E-state index in [1.54, 1.807) is 0 Å². The average molecular weight is 299 g/mol. The Bertz CT molecular complexity index is 324. The highest BCUT2D eigenvalue weighted by Crippen LogP contribution is 2.25. The van der Waals surface area contributed by atoms with Gasteiger partial charge < -0.3 is 10.2 Å². The van der Waals surface area contributed by atoms with Crippen LogP contribution in [0.15, 0.2) is 28.7 Å². The molecule has 0 radical (unpaired) electrons. The molecule has 0 spiro atoms. The molecule has 0 heterocycles. The molecule has 0 bridgehead atoms. The summed E-state index contributed by atoms with van der Waals surface area (Å²) >= 11 is 3.63. The van der Waals surface area contributed by atoms with Gasteiger partial charge in [-0.2, -0.15) is 0 Å². The number of nitrogens with one attached hydrogen (secondary N) is 1. The normalized spacial score (nSPS) is 13.0. The second-order valence-electron chi connectivity index (χ2n) is 4.18. The van der Waals surface area contributed by atoms with Crippen molar-refractivity contribution in [3.8, 4) is 0 Å².